The largest absolute Gasteiger partial charge is 0.404 e. The van der Waals surface area contributed by atoms with Crippen molar-refractivity contribution in [3.8, 4) is 0 Å². The smallest absolute Gasteiger partial charge is 0.261 e. The number of hydrogen-bond donors (Lipinski definition) is 1. The van der Waals surface area contributed by atoms with Crippen molar-refractivity contribution in [3.05, 3.63) is 84.5 Å². The van der Waals surface area contributed by atoms with Gasteiger partial charge in [0.1, 0.15) is 0 Å². The summed E-state index contributed by atoms with van der Waals surface area (Å²) in [6.07, 6.45) is 5.68. The highest BCUT2D eigenvalue weighted by Gasteiger charge is 2.50. The summed E-state index contributed by atoms with van der Waals surface area (Å²) in [7, 11) is -2.64. The van der Waals surface area contributed by atoms with Crippen LogP contribution in [0.1, 0.15) is 34.1 Å². The predicted molar refractivity (Wildman–Crippen MR) is 133 cm³/mol. The summed E-state index contributed by atoms with van der Waals surface area (Å²) in [4.78, 5) is 0. The number of hydrogen-bond acceptors (Lipinski definition) is 4. The van der Waals surface area contributed by atoms with Gasteiger partial charge in [-0.05, 0) is 22.3 Å². The summed E-state index contributed by atoms with van der Waals surface area (Å²) < 4.78 is 17.7. The fourth-order valence-corrected chi connectivity index (χ4v) is 8.76. The first-order valence-corrected chi connectivity index (χ1v) is 13.2. The summed E-state index contributed by atoms with van der Waals surface area (Å²) in [6, 6.07) is 21.0. The second-order valence-corrected chi connectivity index (χ2v) is 13.6. The highest BCUT2D eigenvalue weighted by Crippen LogP contribution is 2.36. The van der Waals surface area contributed by atoms with E-state index in [1.54, 1.807) is 6.08 Å². The van der Waals surface area contributed by atoms with Crippen molar-refractivity contribution in [2.24, 2.45) is 0 Å². The van der Waals surface area contributed by atoms with Crippen LogP contribution in [-0.2, 0) is 13.9 Å². The quantitative estimate of drug-likeness (QED) is 0.458. The van der Waals surface area contributed by atoms with Crippen LogP contribution in [0, 0.1) is 0 Å². The van der Waals surface area contributed by atoms with E-state index < -0.39 is 14.4 Å². The van der Waals surface area contributed by atoms with Gasteiger partial charge in [-0.3, -0.25) is 0 Å². The van der Waals surface area contributed by atoms with E-state index >= 15 is 0 Å². The monoisotopic (exact) mass is 452 g/mol. The summed E-state index contributed by atoms with van der Waals surface area (Å²) in [5.74, 6) is 0. The number of aliphatic hydroxyl groups excluding tert-OH is 1. The fraction of sp³-hybridized carbons (Fsp3) is 0.407. The Morgan fingerprint density at radius 3 is 2.06 bits per heavy atom. The molecule has 0 aliphatic carbocycles. The summed E-state index contributed by atoms with van der Waals surface area (Å²) in [5.41, 5.74) is 1.06. The molecule has 172 valence electrons. The van der Waals surface area contributed by atoms with Crippen LogP contribution in [0.2, 0.25) is 5.04 Å². The zero-order valence-electron chi connectivity index (χ0n) is 19.7. The summed E-state index contributed by atoms with van der Waals surface area (Å²) in [6.45, 7) is 10.3. The number of rotatable bonds is 9. The average Bonchev–Trinajstić information content (AvgIpc) is 3.31. The zero-order valence-corrected chi connectivity index (χ0v) is 20.7. The molecule has 0 bridgehead atoms. The molecule has 1 saturated heterocycles. The Labute approximate surface area is 193 Å². The molecular weight excluding hydrogens is 416 g/mol. The Morgan fingerprint density at radius 2 is 1.56 bits per heavy atom. The highest BCUT2D eigenvalue weighted by molar-refractivity contribution is 6.99. The molecule has 2 aromatic rings. The van der Waals surface area contributed by atoms with E-state index in [0.29, 0.717) is 19.6 Å². The molecule has 1 aliphatic heterocycles. The topological polar surface area (TPSA) is 47.9 Å². The van der Waals surface area contributed by atoms with Crippen molar-refractivity contribution in [2.45, 2.75) is 51.5 Å². The highest BCUT2D eigenvalue weighted by atomic mass is 28.4. The molecule has 0 radical (unpaired) electrons. The Hall–Kier alpha value is -2.02. The molecule has 1 heterocycles. The van der Waals surface area contributed by atoms with Gasteiger partial charge in [0.05, 0.1) is 25.9 Å². The van der Waals surface area contributed by atoms with Crippen LogP contribution in [0.25, 0.3) is 0 Å². The zero-order chi connectivity index (χ0) is 23.0. The lowest BCUT2D eigenvalue weighted by molar-refractivity contribution is -0.0381. The Morgan fingerprint density at radius 1 is 1.03 bits per heavy atom. The van der Waals surface area contributed by atoms with Crippen molar-refractivity contribution in [3.63, 3.8) is 0 Å². The maximum atomic E-state index is 10.7. The summed E-state index contributed by atoms with van der Waals surface area (Å²) >= 11 is 0. The molecule has 1 aliphatic rings. The molecule has 1 N–H and O–H groups in total. The lowest BCUT2D eigenvalue weighted by Crippen LogP contribution is -2.67. The molecule has 1 fully saturated rings. The van der Waals surface area contributed by atoms with Gasteiger partial charge in [0, 0.05) is 6.42 Å². The molecule has 0 spiro atoms. The lowest BCUT2D eigenvalue weighted by atomic mass is 10.2. The van der Waals surface area contributed by atoms with E-state index in [-0.39, 0.29) is 17.9 Å². The van der Waals surface area contributed by atoms with Gasteiger partial charge in [-0.25, -0.2) is 0 Å². The van der Waals surface area contributed by atoms with Crippen LogP contribution in [-0.4, -0.2) is 45.6 Å². The molecule has 0 aromatic heterocycles. The standard InChI is InChI=1S/C27H36O4Si/c1-22(16-18-26-29-19-20-30-26)15-17-23(28)21-31-32(27(2,3)4,24-11-7-5-8-12-24)25-13-9-6-10-14-25/h5-17,23,26,28H,18-21H2,1-4H3/b17-15+,22-16+/t23-/m0/s1. The minimum absolute atomic E-state index is 0.115. The molecule has 0 saturated carbocycles. The molecular formula is C27H36O4Si. The third-order valence-electron chi connectivity index (χ3n) is 5.79. The number of ether oxygens (including phenoxy) is 2. The minimum atomic E-state index is -2.64. The van der Waals surface area contributed by atoms with Gasteiger partial charge < -0.3 is 19.0 Å². The maximum Gasteiger partial charge on any atom is 0.261 e. The van der Waals surface area contributed by atoms with Crippen LogP contribution >= 0.6 is 0 Å². The summed E-state index contributed by atoms with van der Waals surface area (Å²) in [5, 5.41) is 13.0. The van der Waals surface area contributed by atoms with E-state index in [2.05, 4.69) is 75.4 Å². The van der Waals surface area contributed by atoms with Crippen molar-refractivity contribution in [1.82, 2.24) is 0 Å². The van der Waals surface area contributed by atoms with E-state index in [0.717, 1.165) is 5.57 Å². The number of allylic oxidation sites excluding steroid dienone is 2. The van der Waals surface area contributed by atoms with E-state index in [4.69, 9.17) is 13.9 Å². The van der Waals surface area contributed by atoms with Crippen LogP contribution in [0.4, 0.5) is 0 Å². The molecule has 0 amide bonds. The van der Waals surface area contributed by atoms with Gasteiger partial charge >= 0.3 is 0 Å². The van der Waals surface area contributed by atoms with Gasteiger partial charge in [-0.2, -0.15) is 0 Å². The minimum Gasteiger partial charge on any atom is -0.404 e. The molecule has 4 nitrogen and oxygen atoms in total. The first kappa shape index (κ1) is 24.6. The Kier molecular flexibility index (Phi) is 8.62. The van der Waals surface area contributed by atoms with E-state index in [9.17, 15) is 5.11 Å². The SMILES string of the molecule is CC(/C=C/[C@H](O)CO[Si](c1ccccc1)(c1ccccc1)C(C)(C)C)=C\CC1OCCO1. The molecule has 3 rings (SSSR count). The number of aliphatic hydroxyl groups is 1. The maximum absolute atomic E-state index is 10.7. The van der Waals surface area contributed by atoms with Gasteiger partial charge in [0.15, 0.2) is 6.29 Å². The fourth-order valence-electron chi connectivity index (χ4n) is 4.18. The lowest BCUT2D eigenvalue weighted by Gasteiger charge is -2.43. The van der Waals surface area contributed by atoms with Crippen LogP contribution in [0.3, 0.4) is 0 Å². The predicted octanol–water partition coefficient (Wildman–Crippen LogP) is 4.19. The first-order valence-electron chi connectivity index (χ1n) is 11.3. The van der Waals surface area contributed by atoms with Gasteiger partial charge in [-0.1, -0.05) is 105 Å². The number of benzene rings is 2. The normalized spacial score (nSPS) is 17.2. The van der Waals surface area contributed by atoms with Crippen molar-refractivity contribution < 1.29 is 19.0 Å². The van der Waals surface area contributed by atoms with Crippen LogP contribution in [0.5, 0.6) is 0 Å². The van der Waals surface area contributed by atoms with Gasteiger partial charge in [-0.15, -0.1) is 0 Å². The second-order valence-electron chi connectivity index (χ2n) is 9.26. The van der Waals surface area contributed by atoms with E-state index in [1.807, 2.05) is 25.1 Å². The molecule has 32 heavy (non-hydrogen) atoms. The Bertz CT molecular complexity index is 841. The van der Waals surface area contributed by atoms with Crippen molar-refractivity contribution in [1.29, 1.82) is 0 Å². The third kappa shape index (κ3) is 6.06. The molecule has 2 aromatic carbocycles. The second kappa shape index (κ2) is 11.2. The van der Waals surface area contributed by atoms with E-state index in [1.165, 1.54) is 10.4 Å². The van der Waals surface area contributed by atoms with Gasteiger partial charge in [0.25, 0.3) is 8.32 Å². The molecule has 0 unspecified atom stereocenters. The van der Waals surface area contributed by atoms with Crippen LogP contribution < -0.4 is 10.4 Å². The molecule has 5 heteroatoms. The molecule has 1 atom stereocenters. The van der Waals surface area contributed by atoms with Crippen molar-refractivity contribution in [2.75, 3.05) is 19.8 Å². The average molecular weight is 453 g/mol. The van der Waals surface area contributed by atoms with Crippen LogP contribution in [0.15, 0.2) is 84.5 Å². The first-order chi connectivity index (χ1) is 15.3. The van der Waals surface area contributed by atoms with Gasteiger partial charge in [0.2, 0.25) is 0 Å². The third-order valence-corrected chi connectivity index (χ3v) is 10.8. The van der Waals surface area contributed by atoms with Crippen molar-refractivity contribution >= 4 is 18.7 Å². The Balaban J connectivity index is 1.77.